The molecule has 3 heteroatoms. The molecule has 0 heterocycles. The molecule has 0 N–H and O–H groups in total. The van der Waals surface area contributed by atoms with E-state index in [4.69, 9.17) is 5.26 Å². The summed E-state index contributed by atoms with van der Waals surface area (Å²) in [6.07, 6.45) is 0. The van der Waals surface area contributed by atoms with Crippen molar-refractivity contribution in [3.05, 3.63) is 72.0 Å². The molecule has 0 aliphatic rings. The zero-order valence-corrected chi connectivity index (χ0v) is 11.3. The van der Waals surface area contributed by atoms with E-state index in [0.29, 0.717) is 5.56 Å². The van der Waals surface area contributed by atoms with Gasteiger partial charge in [0.05, 0.1) is 5.56 Å². The fraction of sp³-hybridized carbons (Fsp3) is 0. The standard InChI is InChI=1S/C17H10FNS/c18-15-6-8-17(14(9-15)11-19)20-16-7-5-12-3-1-2-4-13(12)10-16/h1-10H. The predicted octanol–water partition coefficient (Wildman–Crippen LogP) is 5.00. The molecule has 0 radical (unpaired) electrons. The number of benzene rings is 3. The molecule has 96 valence electrons. The van der Waals surface area contributed by atoms with E-state index in [1.807, 2.05) is 30.3 Å². The summed E-state index contributed by atoms with van der Waals surface area (Å²) in [5.41, 5.74) is 0.364. The highest BCUT2D eigenvalue weighted by Crippen LogP contribution is 2.32. The highest BCUT2D eigenvalue weighted by molar-refractivity contribution is 7.99. The molecule has 0 aromatic heterocycles. The fourth-order valence-electron chi connectivity index (χ4n) is 2.04. The molecular formula is C17H10FNS. The van der Waals surface area contributed by atoms with Gasteiger partial charge < -0.3 is 0 Å². The first-order valence-electron chi connectivity index (χ1n) is 6.12. The first-order valence-corrected chi connectivity index (χ1v) is 6.94. The average Bonchev–Trinajstić information content (AvgIpc) is 2.49. The van der Waals surface area contributed by atoms with Gasteiger partial charge in [-0.05, 0) is 41.1 Å². The Morgan fingerprint density at radius 1 is 0.900 bits per heavy atom. The summed E-state index contributed by atoms with van der Waals surface area (Å²) < 4.78 is 13.1. The van der Waals surface area contributed by atoms with Gasteiger partial charge in [-0.1, -0.05) is 42.1 Å². The van der Waals surface area contributed by atoms with Crippen LogP contribution in [0.1, 0.15) is 5.56 Å². The maximum absolute atomic E-state index is 13.1. The van der Waals surface area contributed by atoms with Crippen LogP contribution in [0.3, 0.4) is 0 Å². The van der Waals surface area contributed by atoms with Crippen LogP contribution in [0.25, 0.3) is 10.8 Å². The van der Waals surface area contributed by atoms with Crippen LogP contribution in [0.2, 0.25) is 0 Å². The summed E-state index contributed by atoms with van der Waals surface area (Å²) in [6.45, 7) is 0. The van der Waals surface area contributed by atoms with Gasteiger partial charge in [0.1, 0.15) is 11.9 Å². The number of nitrogens with zero attached hydrogens (tertiary/aromatic N) is 1. The molecule has 0 aliphatic heterocycles. The van der Waals surface area contributed by atoms with Gasteiger partial charge in [0.2, 0.25) is 0 Å². The average molecular weight is 279 g/mol. The van der Waals surface area contributed by atoms with Crippen LogP contribution in [0, 0.1) is 17.1 Å². The van der Waals surface area contributed by atoms with Crippen LogP contribution in [0.5, 0.6) is 0 Å². The number of hydrogen-bond donors (Lipinski definition) is 0. The molecule has 0 amide bonds. The minimum atomic E-state index is -0.385. The minimum absolute atomic E-state index is 0.364. The topological polar surface area (TPSA) is 23.8 Å². The fourth-order valence-corrected chi connectivity index (χ4v) is 2.96. The third kappa shape index (κ3) is 2.52. The van der Waals surface area contributed by atoms with Gasteiger partial charge in [0, 0.05) is 9.79 Å². The molecule has 0 saturated carbocycles. The molecule has 0 bridgehead atoms. The number of hydrogen-bond acceptors (Lipinski definition) is 2. The Balaban J connectivity index is 1.99. The molecule has 0 fully saturated rings. The largest absolute Gasteiger partial charge is 0.207 e. The van der Waals surface area contributed by atoms with Crippen LogP contribution in [-0.2, 0) is 0 Å². The van der Waals surface area contributed by atoms with E-state index in [1.54, 1.807) is 6.07 Å². The minimum Gasteiger partial charge on any atom is -0.207 e. The lowest BCUT2D eigenvalue weighted by molar-refractivity contribution is 0.626. The van der Waals surface area contributed by atoms with Crippen molar-refractivity contribution in [1.29, 1.82) is 5.26 Å². The summed E-state index contributed by atoms with van der Waals surface area (Å²) in [5.74, 6) is -0.385. The molecule has 0 aliphatic carbocycles. The van der Waals surface area contributed by atoms with Crippen molar-refractivity contribution in [2.24, 2.45) is 0 Å². The number of rotatable bonds is 2. The number of fused-ring (bicyclic) bond motifs is 1. The quantitative estimate of drug-likeness (QED) is 0.659. The lowest BCUT2D eigenvalue weighted by Gasteiger charge is -2.05. The molecule has 0 spiro atoms. The predicted molar refractivity (Wildman–Crippen MR) is 79.2 cm³/mol. The molecule has 0 saturated heterocycles. The van der Waals surface area contributed by atoms with Crippen molar-refractivity contribution in [3.63, 3.8) is 0 Å². The van der Waals surface area contributed by atoms with Crippen LogP contribution < -0.4 is 0 Å². The second-order valence-electron chi connectivity index (χ2n) is 4.36. The van der Waals surface area contributed by atoms with E-state index in [-0.39, 0.29) is 5.82 Å². The third-order valence-corrected chi connectivity index (χ3v) is 4.08. The Hall–Kier alpha value is -2.31. The van der Waals surface area contributed by atoms with Crippen molar-refractivity contribution in [1.82, 2.24) is 0 Å². The summed E-state index contributed by atoms with van der Waals surface area (Å²) >= 11 is 1.47. The molecule has 20 heavy (non-hydrogen) atoms. The SMILES string of the molecule is N#Cc1cc(F)ccc1Sc1ccc2ccccc2c1. The smallest absolute Gasteiger partial charge is 0.124 e. The van der Waals surface area contributed by atoms with Crippen molar-refractivity contribution in [2.45, 2.75) is 9.79 Å². The molecule has 0 atom stereocenters. The van der Waals surface area contributed by atoms with Gasteiger partial charge in [-0.2, -0.15) is 5.26 Å². The zero-order valence-electron chi connectivity index (χ0n) is 10.5. The Morgan fingerprint density at radius 2 is 1.70 bits per heavy atom. The van der Waals surface area contributed by atoms with Gasteiger partial charge in [-0.25, -0.2) is 4.39 Å². The highest BCUT2D eigenvalue weighted by Gasteiger charge is 2.06. The van der Waals surface area contributed by atoms with Crippen molar-refractivity contribution in [2.75, 3.05) is 0 Å². The first-order chi connectivity index (χ1) is 9.76. The molecular weight excluding hydrogens is 269 g/mol. The van der Waals surface area contributed by atoms with E-state index in [9.17, 15) is 4.39 Å². The van der Waals surface area contributed by atoms with Gasteiger partial charge >= 0.3 is 0 Å². The third-order valence-electron chi connectivity index (χ3n) is 3.01. The normalized spacial score (nSPS) is 10.4. The van der Waals surface area contributed by atoms with E-state index in [2.05, 4.69) is 18.2 Å². The number of nitriles is 1. The second-order valence-corrected chi connectivity index (χ2v) is 5.48. The zero-order chi connectivity index (χ0) is 13.9. The summed E-state index contributed by atoms with van der Waals surface area (Å²) in [6, 6.07) is 20.6. The van der Waals surface area contributed by atoms with E-state index in [0.717, 1.165) is 15.2 Å². The Labute approximate surface area is 120 Å². The Morgan fingerprint density at radius 3 is 2.50 bits per heavy atom. The Bertz CT molecular complexity index is 821. The number of halogens is 1. The van der Waals surface area contributed by atoms with Gasteiger partial charge in [-0.15, -0.1) is 0 Å². The van der Waals surface area contributed by atoms with Crippen molar-refractivity contribution in [3.8, 4) is 6.07 Å². The lowest BCUT2D eigenvalue weighted by atomic mass is 10.1. The molecule has 3 rings (SSSR count). The van der Waals surface area contributed by atoms with Crippen LogP contribution in [0.15, 0.2) is 70.5 Å². The van der Waals surface area contributed by atoms with Gasteiger partial charge in [0.25, 0.3) is 0 Å². The van der Waals surface area contributed by atoms with Crippen molar-refractivity contribution >= 4 is 22.5 Å². The maximum atomic E-state index is 13.1. The van der Waals surface area contributed by atoms with E-state index in [1.165, 1.54) is 29.3 Å². The maximum Gasteiger partial charge on any atom is 0.124 e. The van der Waals surface area contributed by atoms with Crippen LogP contribution >= 0.6 is 11.8 Å². The summed E-state index contributed by atoms with van der Waals surface area (Å²) in [7, 11) is 0. The van der Waals surface area contributed by atoms with E-state index >= 15 is 0 Å². The Kier molecular flexibility index (Phi) is 3.41. The second kappa shape index (κ2) is 5.36. The van der Waals surface area contributed by atoms with E-state index < -0.39 is 0 Å². The molecule has 3 aromatic carbocycles. The van der Waals surface area contributed by atoms with Gasteiger partial charge in [-0.3, -0.25) is 0 Å². The van der Waals surface area contributed by atoms with Gasteiger partial charge in [0.15, 0.2) is 0 Å². The summed E-state index contributed by atoms with van der Waals surface area (Å²) in [4.78, 5) is 1.80. The van der Waals surface area contributed by atoms with Crippen LogP contribution in [-0.4, -0.2) is 0 Å². The molecule has 0 unspecified atom stereocenters. The van der Waals surface area contributed by atoms with Crippen LogP contribution in [0.4, 0.5) is 4.39 Å². The van der Waals surface area contributed by atoms with Crippen molar-refractivity contribution < 1.29 is 4.39 Å². The molecule has 3 aromatic rings. The first kappa shape index (κ1) is 12.7. The summed E-state index contributed by atoms with van der Waals surface area (Å²) in [5, 5.41) is 11.4. The highest BCUT2D eigenvalue weighted by atomic mass is 32.2. The monoisotopic (exact) mass is 279 g/mol. The lowest BCUT2D eigenvalue weighted by Crippen LogP contribution is -1.84. The molecule has 1 nitrogen and oxygen atoms in total.